The number of aromatic hydroxyl groups is 1. The minimum Gasteiger partial charge on any atom is -0.507 e. The molecule has 1 amide bonds. The first-order valence-corrected chi connectivity index (χ1v) is 7.41. The molecule has 5 heteroatoms. The van der Waals surface area contributed by atoms with Crippen molar-refractivity contribution in [1.29, 1.82) is 0 Å². The van der Waals surface area contributed by atoms with Crippen LogP contribution in [0.3, 0.4) is 0 Å². The lowest BCUT2D eigenvalue weighted by Crippen LogP contribution is -2.29. The standard InChI is InChI=1S/C14H19NO3S/c1-9-6-11(7-10(2)13(9)18)14-15(4-3-5-16)12(17)8-19-14/h6-7,14,16,18H,3-5,8H2,1-2H3. The second kappa shape index (κ2) is 5.84. The lowest BCUT2D eigenvalue weighted by molar-refractivity contribution is -0.128. The van der Waals surface area contributed by atoms with Gasteiger partial charge in [0.2, 0.25) is 5.91 Å². The largest absolute Gasteiger partial charge is 0.507 e. The fraction of sp³-hybridized carbons (Fsp3) is 0.500. The minimum atomic E-state index is -0.00273. The predicted molar refractivity (Wildman–Crippen MR) is 76.2 cm³/mol. The fourth-order valence-electron chi connectivity index (χ4n) is 2.35. The Morgan fingerprint density at radius 3 is 2.58 bits per heavy atom. The fourth-order valence-corrected chi connectivity index (χ4v) is 3.54. The third kappa shape index (κ3) is 2.87. The maximum atomic E-state index is 11.9. The number of carbonyl (C=O) groups excluding carboxylic acids is 1. The van der Waals surface area contributed by atoms with Crippen LogP contribution < -0.4 is 0 Å². The summed E-state index contributed by atoms with van der Waals surface area (Å²) >= 11 is 1.60. The number of thioether (sulfide) groups is 1. The quantitative estimate of drug-likeness (QED) is 0.886. The molecule has 1 heterocycles. The Bertz CT molecular complexity index is 467. The van der Waals surface area contributed by atoms with Gasteiger partial charge < -0.3 is 15.1 Å². The van der Waals surface area contributed by atoms with Gasteiger partial charge in [0.25, 0.3) is 0 Å². The van der Waals surface area contributed by atoms with Crippen molar-refractivity contribution in [2.75, 3.05) is 18.9 Å². The molecule has 1 atom stereocenters. The zero-order chi connectivity index (χ0) is 14.0. The lowest BCUT2D eigenvalue weighted by Gasteiger charge is -2.24. The molecule has 1 fully saturated rings. The topological polar surface area (TPSA) is 60.8 Å². The molecular formula is C14H19NO3S. The van der Waals surface area contributed by atoms with Crippen LogP contribution in [0.5, 0.6) is 5.75 Å². The number of hydrogen-bond acceptors (Lipinski definition) is 4. The molecule has 4 nitrogen and oxygen atoms in total. The summed E-state index contributed by atoms with van der Waals surface area (Å²) in [5.74, 6) is 0.918. The van der Waals surface area contributed by atoms with E-state index in [1.165, 1.54) is 0 Å². The molecule has 0 aliphatic carbocycles. The molecule has 2 rings (SSSR count). The Labute approximate surface area is 117 Å². The average molecular weight is 281 g/mol. The molecule has 1 aliphatic heterocycles. The zero-order valence-corrected chi connectivity index (χ0v) is 12.0. The number of carbonyl (C=O) groups is 1. The molecule has 1 aromatic carbocycles. The van der Waals surface area contributed by atoms with Crippen molar-refractivity contribution in [3.63, 3.8) is 0 Å². The predicted octanol–water partition coefficient (Wildman–Crippen LogP) is 1.97. The van der Waals surface area contributed by atoms with Crippen molar-refractivity contribution < 1.29 is 15.0 Å². The van der Waals surface area contributed by atoms with E-state index >= 15 is 0 Å². The number of rotatable bonds is 4. The summed E-state index contributed by atoms with van der Waals surface area (Å²) < 4.78 is 0. The molecule has 0 radical (unpaired) electrons. The molecule has 1 saturated heterocycles. The number of phenols is 1. The van der Waals surface area contributed by atoms with Gasteiger partial charge >= 0.3 is 0 Å². The molecule has 0 spiro atoms. The first-order valence-electron chi connectivity index (χ1n) is 6.36. The highest BCUT2D eigenvalue weighted by molar-refractivity contribution is 8.00. The first kappa shape index (κ1) is 14.2. The van der Waals surface area contributed by atoms with Crippen molar-refractivity contribution in [3.05, 3.63) is 28.8 Å². The Kier molecular flexibility index (Phi) is 4.37. The van der Waals surface area contributed by atoms with Gasteiger partial charge in [-0.1, -0.05) is 0 Å². The van der Waals surface area contributed by atoms with Gasteiger partial charge in [0.05, 0.1) is 5.75 Å². The molecule has 1 aromatic rings. The van der Waals surface area contributed by atoms with Gasteiger partial charge in [-0.25, -0.2) is 0 Å². The summed E-state index contributed by atoms with van der Waals surface area (Å²) in [6.45, 7) is 4.40. The van der Waals surface area contributed by atoms with E-state index in [1.54, 1.807) is 11.8 Å². The van der Waals surface area contributed by atoms with Gasteiger partial charge in [-0.3, -0.25) is 4.79 Å². The maximum absolute atomic E-state index is 11.9. The number of amides is 1. The van der Waals surface area contributed by atoms with Crippen molar-refractivity contribution in [3.8, 4) is 5.75 Å². The van der Waals surface area contributed by atoms with Crippen LogP contribution in [0.25, 0.3) is 0 Å². The SMILES string of the molecule is Cc1cc(C2SCC(=O)N2CCCO)cc(C)c1O. The number of hydrogen-bond donors (Lipinski definition) is 2. The van der Waals surface area contributed by atoms with E-state index in [-0.39, 0.29) is 17.9 Å². The molecule has 19 heavy (non-hydrogen) atoms. The van der Waals surface area contributed by atoms with Crippen LogP contribution in [0.15, 0.2) is 12.1 Å². The first-order chi connectivity index (χ1) is 9.04. The number of phenolic OH excluding ortho intramolecular Hbond substituents is 1. The Balaban J connectivity index is 2.27. The normalized spacial score (nSPS) is 19.2. The monoisotopic (exact) mass is 281 g/mol. The van der Waals surface area contributed by atoms with Gasteiger partial charge in [-0.15, -0.1) is 11.8 Å². The molecule has 2 N–H and O–H groups in total. The molecule has 0 saturated carbocycles. The van der Waals surface area contributed by atoms with Crippen LogP contribution >= 0.6 is 11.8 Å². The number of aliphatic hydroxyl groups is 1. The van der Waals surface area contributed by atoms with Gasteiger partial charge in [-0.2, -0.15) is 0 Å². The Hall–Kier alpha value is -1.20. The van der Waals surface area contributed by atoms with Gasteiger partial charge in [0.1, 0.15) is 11.1 Å². The van der Waals surface area contributed by atoms with Crippen LogP contribution in [-0.4, -0.2) is 39.9 Å². The molecule has 1 aliphatic rings. The summed E-state index contributed by atoms with van der Waals surface area (Å²) in [5.41, 5.74) is 2.70. The highest BCUT2D eigenvalue weighted by atomic mass is 32.2. The molecular weight excluding hydrogens is 262 g/mol. The molecule has 0 bridgehead atoms. The number of aliphatic hydroxyl groups excluding tert-OH is 1. The van der Waals surface area contributed by atoms with Crippen molar-refractivity contribution in [1.82, 2.24) is 4.90 Å². The summed E-state index contributed by atoms with van der Waals surface area (Å²) in [4.78, 5) is 13.7. The summed E-state index contributed by atoms with van der Waals surface area (Å²) in [6, 6.07) is 3.87. The van der Waals surface area contributed by atoms with Crippen molar-refractivity contribution >= 4 is 17.7 Å². The highest BCUT2D eigenvalue weighted by Crippen LogP contribution is 2.40. The highest BCUT2D eigenvalue weighted by Gasteiger charge is 2.32. The van der Waals surface area contributed by atoms with E-state index < -0.39 is 0 Å². The van der Waals surface area contributed by atoms with Crippen LogP contribution in [0.1, 0.15) is 28.5 Å². The van der Waals surface area contributed by atoms with Crippen LogP contribution in [-0.2, 0) is 4.79 Å². The van der Waals surface area contributed by atoms with Crippen LogP contribution in [0.2, 0.25) is 0 Å². The number of benzene rings is 1. The lowest BCUT2D eigenvalue weighted by atomic mass is 10.1. The minimum absolute atomic E-state index is 0.00273. The number of aryl methyl sites for hydroxylation is 2. The summed E-state index contributed by atoms with van der Waals surface area (Å²) in [5, 5.41) is 18.7. The third-order valence-electron chi connectivity index (χ3n) is 3.32. The maximum Gasteiger partial charge on any atom is 0.233 e. The van der Waals surface area contributed by atoms with E-state index in [2.05, 4.69) is 0 Å². The summed E-state index contributed by atoms with van der Waals surface area (Å²) in [6.07, 6.45) is 0.596. The molecule has 1 unspecified atom stereocenters. The van der Waals surface area contributed by atoms with E-state index in [4.69, 9.17) is 5.11 Å². The molecule has 104 valence electrons. The van der Waals surface area contributed by atoms with Crippen LogP contribution in [0, 0.1) is 13.8 Å². The Morgan fingerprint density at radius 2 is 2.00 bits per heavy atom. The van der Waals surface area contributed by atoms with Crippen molar-refractivity contribution in [2.24, 2.45) is 0 Å². The second-order valence-electron chi connectivity index (χ2n) is 4.83. The van der Waals surface area contributed by atoms with Crippen LogP contribution in [0.4, 0.5) is 0 Å². The van der Waals surface area contributed by atoms with Gasteiger partial charge in [0.15, 0.2) is 0 Å². The Morgan fingerprint density at radius 1 is 1.37 bits per heavy atom. The second-order valence-corrected chi connectivity index (χ2v) is 5.90. The van der Waals surface area contributed by atoms with E-state index in [1.807, 2.05) is 30.9 Å². The summed E-state index contributed by atoms with van der Waals surface area (Å²) in [7, 11) is 0. The average Bonchev–Trinajstić information content (AvgIpc) is 2.74. The zero-order valence-electron chi connectivity index (χ0n) is 11.2. The van der Waals surface area contributed by atoms with E-state index in [0.717, 1.165) is 16.7 Å². The van der Waals surface area contributed by atoms with Crippen molar-refractivity contribution in [2.45, 2.75) is 25.6 Å². The van der Waals surface area contributed by atoms with E-state index in [9.17, 15) is 9.90 Å². The third-order valence-corrected chi connectivity index (χ3v) is 4.58. The molecule has 0 aromatic heterocycles. The van der Waals surface area contributed by atoms with Gasteiger partial charge in [0, 0.05) is 13.2 Å². The van der Waals surface area contributed by atoms with E-state index in [0.29, 0.717) is 24.5 Å². The van der Waals surface area contributed by atoms with Gasteiger partial charge in [-0.05, 0) is 49.1 Å². The smallest absolute Gasteiger partial charge is 0.233 e. The number of nitrogens with zero attached hydrogens (tertiary/aromatic N) is 1.